The van der Waals surface area contributed by atoms with Crippen molar-refractivity contribution in [3.05, 3.63) is 0 Å². The Kier molecular flexibility index (Phi) is 12.1. The molecule has 0 aromatic carbocycles. The van der Waals surface area contributed by atoms with E-state index in [4.69, 9.17) is 28.4 Å². The fraction of sp³-hybridized carbons (Fsp3) is 0.929. The number of hydrogen-bond donors (Lipinski definition) is 2. The summed E-state index contributed by atoms with van der Waals surface area (Å²) in [5.74, 6) is -4.69. The Hall–Kier alpha value is -0.340. The topological polar surface area (TPSA) is 130 Å². The van der Waals surface area contributed by atoms with Gasteiger partial charge in [0.1, 0.15) is 23.4 Å². The first-order valence-corrected chi connectivity index (χ1v) is 16.0. The van der Waals surface area contributed by atoms with Crippen LogP contribution in [0.25, 0.3) is 0 Å². The third kappa shape index (κ3) is 10.4. The molecule has 2 rings (SSSR count). The first-order valence-electron chi connectivity index (χ1n) is 13.7. The maximum absolute atomic E-state index is 13.3. The zero-order chi connectivity index (χ0) is 30.8. The Morgan fingerprint density at radius 2 is 0.950 bits per heavy atom. The molecule has 0 bridgehead atoms. The Bertz CT molecular complexity index is 796. The number of carbonyl (C=O) groups excluding carboxylic acids is 2. The zero-order valence-electron chi connectivity index (χ0n) is 25.4. The monoisotopic (exact) mass is 702 g/mol. The molecule has 0 aromatic heterocycles. The molecule has 0 unspecified atom stereocenters. The fourth-order valence-electron chi connectivity index (χ4n) is 5.24. The van der Waals surface area contributed by atoms with Crippen LogP contribution in [0.15, 0.2) is 0 Å². The highest BCUT2D eigenvalue weighted by Crippen LogP contribution is 2.45. The minimum absolute atomic E-state index is 0.169. The van der Waals surface area contributed by atoms with Gasteiger partial charge in [-0.25, -0.2) is 0 Å². The third-order valence-electron chi connectivity index (χ3n) is 6.44. The molecule has 0 aromatic rings. The van der Waals surface area contributed by atoms with Crippen LogP contribution in [-0.4, -0.2) is 92.2 Å². The average Bonchev–Trinajstić information content (AvgIpc) is 3.27. The lowest BCUT2D eigenvalue weighted by atomic mass is 9.75. The summed E-state index contributed by atoms with van der Waals surface area (Å²) in [5.41, 5.74) is -1.51. The summed E-state index contributed by atoms with van der Waals surface area (Å²) in [6, 6.07) is 0. The van der Waals surface area contributed by atoms with Crippen LogP contribution in [0.1, 0.15) is 82.1 Å². The van der Waals surface area contributed by atoms with Crippen LogP contribution in [0.5, 0.6) is 0 Å². The molecule has 2 aliphatic heterocycles. The van der Waals surface area contributed by atoms with Crippen LogP contribution in [0, 0.1) is 11.8 Å². The molecule has 0 aliphatic carbocycles. The minimum atomic E-state index is -1.08. The van der Waals surface area contributed by atoms with Gasteiger partial charge in [-0.05, 0) is 69.2 Å². The highest BCUT2D eigenvalue weighted by molar-refractivity contribution is 9.09. The predicted molar refractivity (Wildman–Crippen MR) is 155 cm³/mol. The van der Waals surface area contributed by atoms with Crippen LogP contribution >= 0.6 is 31.9 Å². The summed E-state index contributed by atoms with van der Waals surface area (Å²) in [6.45, 7) is 17.5. The second-order valence-electron chi connectivity index (χ2n) is 13.5. The van der Waals surface area contributed by atoms with Gasteiger partial charge in [0.15, 0.2) is 11.6 Å². The lowest BCUT2D eigenvalue weighted by molar-refractivity contribution is -0.177. The molecule has 0 saturated carbocycles. The SMILES string of the molecule is CC(C)(C)OC(=O)C[C@H]([C@@H](CC(=O)OC(C)(C)C)[C@@H]1OC(C)(C)O[C@@H]1[C@H](O)CBr)[C@@H]1OC(C)(C)O[C@@H]1[C@H](O)CBr. The molecule has 234 valence electrons. The van der Waals surface area contributed by atoms with E-state index in [0.29, 0.717) is 0 Å². The molecule has 0 spiro atoms. The van der Waals surface area contributed by atoms with E-state index < -0.39 is 83.2 Å². The Balaban J connectivity index is 2.67. The molecule has 0 radical (unpaired) electrons. The lowest BCUT2D eigenvalue weighted by Gasteiger charge is -2.38. The van der Waals surface area contributed by atoms with Crippen LogP contribution in [0.3, 0.4) is 0 Å². The van der Waals surface area contributed by atoms with Crippen molar-refractivity contribution in [2.75, 3.05) is 10.7 Å². The molecule has 8 atom stereocenters. The number of ether oxygens (including phenoxy) is 6. The third-order valence-corrected chi connectivity index (χ3v) is 7.77. The van der Waals surface area contributed by atoms with E-state index in [1.807, 2.05) is 0 Å². The van der Waals surface area contributed by atoms with E-state index in [2.05, 4.69) is 31.9 Å². The van der Waals surface area contributed by atoms with Crippen molar-refractivity contribution < 1.29 is 48.2 Å². The second kappa shape index (κ2) is 13.5. The van der Waals surface area contributed by atoms with Crippen LogP contribution in [0.2, 0.25) is 0 Å². The van der Waals surface area contributed by atoms with Gasteiger partial charge in [0.05, 0.1) is 37.3 Å². The Labute approximate surface area is 255 Å². The van der Waals surface area contributed by atoms with Crippen LogP contribution in [-0.2, 0) is 38.0 Å². The molecular weight excluding hydrogens is 656 g/mol. The Morgan fingerprint density at radius 3 is 1.20 bits per heavy atom. The molecule has 2 fully saturated rings. The van der Waals surface area contributed by atoms with Crippen molar-refractivity contribution in [2.45, 2.75) is 141 Å². The first-order chi connectivity index (χ1) is 18.1. The van der Waals surface area contributed by atoms with Gasteiger partial charge in [-0.1, -0.05) is 31.9 Å². The van der Waals surface area contributed by atoms with E-state index in [9.17, 15) is 19.8 Å². The van der Waals surface area contributed by atoms with E-state index in [0.717, 1.165) is 0 Å². The summed E-state index contributed by atoms with van der Waals surface area (Å²) in [4.78, 5) is 26.7. The second-order valence-corrected chi connectivity index (χ2v) is 14.8. The number of rotatable bonds is 11. The molecule has 12 heteroatoms. The van der Waals surface area contributed by atoms with Gasteiger partial charge in [0, 0.05) is 22.5 Å². The molecule has 2 N–H and O–H groups in total. The molecule has 40 heavy (non-hydrogen) atoms. The Morgan fingerprint density at radius 1 is 0.675 bits per heavy atom. The fourth-order valence-corrected chi connectivity index (χ4v) is 5.98. The smallest absolute Gasteiger partial charge is 0.306 e. The van der Waals surface area contributed by atoms with Gasteiger partial charge in [-0.2, -0.15) is 0 Å². The van der Waals surface area contributed by atoms with Crippen molar-refractivity contribution in [3.63, 3.8) is 0 Å². The summed E-state index contributed by atoms with van der Waals surface area (Å²) in [7, 11) is 0. The van der Waals surface area contributed by atoms with Gasteiger partial charge < -0.3 is 38.6 Å². The molecule has 2 aliphatic rings. The number of carbonyl (C=O) groups is 2. The summed E-state index contributed by atoms with van der Waals surface area (Å²) >= 11 is 6.65. The summed E-state index contributed by atoms with van der Waals surface area (Å²) in [5, 5.41) is 22.2. The van der Waals surface area contributed by atoms with Gasteiger partial charge in [0.25, 0.3) is 0 Å². The zero-order valence-corrected chi connectivity index (χ0v) is 28.5. The van der Waals surface area contributed by atoms with Crippen molar-refractivity contribution in [1.29, 1.82) is 0 Å². The molecule has 2 saturated heterocycles. The van der Waals surface area contributed by atoms with Gasteiger partial charge in [-0.15, -0.1) is 0 Å². The lowest BCUT2D eigenvalue weighted by Crippen LogP contribution is -2.50. The highest BCUT2D eigenvalue weighted by Gasteiger charge is 2.56. The quantitative estimate of drug-likeness (QED) is 0.238. The maximum atomic E-state index is 13.3. The predicted octanol–water partition coefficient (Wildman–Crippen LogP) is 4.23. The summed E-state index contributed by atoms with van der Waals surface area (Å²) in [6.07, 6.45) is -5.63. The number of alkyl halides is 2. The molecular formula is C28H48Br2O10. The number of halogens is 2. The van der Waals surface area contributed by atoms with Crippen LogP contribution < -0.4 is 0 Å². The number of aliphatic hydroxyl groups is 2. The first kappa shape index (κ1) is 35.9. The number of hydrogen-bond acceptors (Lipinski definition) is 10. The van der Waals surface area contributed by atoms with Crippen molar-refractivity contribution in [1.82, 2.24) is 0 Å². The van der Waals surface area contributed by atoms with Crippen LogP contribution in [0.4, 0.5) is 0 Å². The van der Waals surface area contributed by atoms with Gasteiger partial charge in [-0.3, -0.25) is 9.59 Å². The largest absolute Gasteiger partial charge is 0.460 e. The van der Waals surface area contributed by atoms with Gasteiger partial charge in [0.2, 0.25) is 0 Å². The van der Waals surface area contributed by atoms with E-state index in [-0.39, 0.29) is 23.5 Å². The normalized spacial score (nSPS) is 29.4. The number of aliphatic hydroxyl groups excluding tert-OH is 2. The van der Waals surface area contributed by atoms with Crippen molar-refractivity contribution >= 4 is 43.8 Å². The van der Waals surface area contributed by atoms with Crippen molar-refractivity contribution in [2.24, 2.45) is 11.8 Å². The minimum Gasteiger partial charge on any atom is -0.460 e. The van der Waals surface area contributed by atoms with E-state index >= 15 is 0 Å². The molecule has 0 amide bonds. The maximum Gasteiger partial charge on any atom is 0.306 e. The average molecular weight is 704 g/mol. The van der Waals surface area contributed by atoms with Crippen molar-refractivity contribution in [3.8, 4) is 0 Å². The van der Waals surface area contributed by atoms with E-state index in [1.165, 1.54) is 0 Å². The standard InChI is InChI=1S/C28H48Br2O10/c1-25(2,3)35-19(33)11-15(21-23(17(31)13-29)39-27(7,8)37-21)16(12-20(34)36-26(4,5)6)22-24(18(32)14-30)40-28(9,10)38-22/h15-18,21-24,31-32H,11-14H2,1-10H3/t15-,16-,17-,18-,21+,22+,23-,24-/m1/s1. The highest BCUT2D eigenvalue weighted by atomic mass is 79.9. The van der Waals surface area contributed by atoms with Gasteiger partial charge >= 0.3 is 11.9 Å². The summed E-state index contributed by atoms with van der Waals surface area (Å²) < 4.78 is 36.3. The molecule has 10 nitrogen and oxygen atoms in total. The number of esters is 2. The van der Waals surface area contributed by atoms with E-state index in [1.54, 1.807) is 69.2 Å². The molecule has 2 heterocycles.